The van der Waals surface area contributed by atoms with E-state index in [0.29, 0.717) is 49.5 Å². The van der Waals surface area contributed by atoms with Gasteiger partial charge in [0.05, 0.1) is 16.7 Å². The van der Waals surface area contributed by atoms with Gasteiger partial charge >= 0.3 is 5.69 Å². The van der Waals surface area contributed by atoms with Gasteiger partial charge in [-0.25, -0.2) is 14.2 Å². The van der Waals surface area contributed by atoms with E-state index >= 15 is 4.39 Å². The van der Waals surface area contributed by atoms with Gasteiger partial charge in [0.1, 0.15) is 17.5 Å². The number of pyridine rings is 2. The molecule has 1 saturated carbocycles. The van der Waals surface area contributed by atoms with Crippen LogP contribution in [0.25, 0.3) is 33.3 Å². The van der Waals surface area contributed by atoms with Crippen molar-refractivity contribution in [3.05, 3.63) is 122 Å². The van der Waals surface area contributed by atoms with Crippen LogP contribution < -0.4 is 26.8 Å². The van der Waals surface area contributed by atoms with Crippen LogP contribution in [0.2, 0.25) is 0 Å². The average molecular weight is 964 g/mol. The van der Waals surface area contributed by atoms with Gasteiger partial charge in [0.25, 0.3) is 11.5 Å². The van der Waals surface area contributed by atoms with Crippen molar-refractivity contribution in [1.82, 2.24) is 43.3 Å². The molecule has 8 heterocycles. The molecular weight excluding hydrogens is 902 g/mol. The fourth-order valence-corrected chi connectivity index (χ4v) is 11.8. The van der Waals surface area contributed by atoms with E-state index in [1.165, 1.54) is 6.07 Å². The summed E-state index contributed by atoms with van der Waals surface area (Å²) in [7, 11) is 3.79. The zero-order chi connectivity index (χ0) is 49.2. The van der Waals surface area contributed by atoms with E-state index in [0.717, 1.165) is 121 Å². The molecule has 4 aromatic heterocycles. The molecule has 2 aromatic carbocycles. The Morgan fingerprint density at radius 1 is 0.873 bits per heavy atom. The quantitative estimate of drug-likeness (QED) is 0.144. The van der Waals surface area contributed by atoms with Gasteiger partial charge in [0.2, 0.25) is 11.8 Å². The van der Waals surface area contributed by atoms with E-state index in [-0.39, 0.29) is 47.4 Å². The number of halogens is 1. The highest BCUT2D eigenvalue weighted by atomic mass is 19.1. The lowest BCUT2D eigenvalue weighted by atomic mass is 9.92. The first-order chi connectivity index (χ1) is 34.3. The van der Waals surface area contributed by atoms with Crippen LogP contribution in [-0.2, 0) is 16.6 Å². The van der Waals surface area contributed by atoms with E-state index in [4.69, 9.17) is 0 Å². The maximum atomic E-state index is 16.1. The van der Waals surface area contributed by atoms with Crippen molar-refractivity contribution in [2.75, 3.05) is 76.2 Å². The summed E-state index contributed by atoms with van der Waals surface area (Å²) in [5.74, 6) is -0.726. The monoisotopic (exact) mass is 963 g/mol. The number of aryl methyl sites for hydroxylation is 2. The van der Waals surface area contributed by atoms with Crippen molar-refractivity contribution >= 4 is 56.7 Å². The van der Waals surface area contributed by atoms with Crippen LogP contribution in [0.3, 0.4) is 0 Å². The number of nitrogens with zero attached hydrogens (tertiary/aromatic N) is 9. The molecule has 6 aromatic rings. The van der Waals surface area contributed by atoms with Crippen molar-refractivity contribution in [2.45, 2.75) is 76.9 Å². The number of rotatable bonds is 11. The van der Waals surface area contributed by atoms with Crippen molar-refractivity contribution in [3.63, 3.8) is 0 Å². The number of carbonyl (C=O) groups excluding carboxylic acids is 3. The fourth-order valence-electron chi connectivity index (χ4n) is 11.8. The van der Waals surface area contributed by atoms with Gasteiger partial charge in [0, 0.05) is 144 Å². The van der Waals surface area contributed by atoms with Gasteiger partial charge < -0.3 is 19.7 Å². The zero-order valence-electron chi connectivity index (χ0n) is 41.0. The molecule has 1 unspecified atom stereocenters. The minimum atomic E-state index is -0.696. The lowest BCUT2D eigenvalue weighted by Gasteiger charge is -2.39. The van der Waals surface area contributed by atoms with Crippen LogP contribution in [-0.4, -0.2) is 122 Å². The van der Waals surface area contributed by atoms with Crippen LogP contribution in [0.4, 0.5) is 15.8 Å². The number of hydrogen-bond acceptors (Lipinski definition) is 10. The summed E-state index contributed by atoms with van der Waals surface area (Å²) in [6.07, 6.45) is 10.5. The SMILES string of the molecule is CNc1ccn(-c2ccnc3c2cc([C@H](C)N2CC=C(c4c(C)cc(C(=O)N5CCC(CN6CCN(c7ccc8c(c7)n(C7CC7)c(=O)n8C7CCC(=O)NC7=O)CC6)CC5)cc4F)CC2)n3C)c(=O)c1. The van der Waals surface area contributed by atoms with Crippen molar-refractivity contribution in [1.29, 1.82) is 0 Å². The largest absolute Gasteiger partial charge is 0.388 e. The molecule has 370 valence electrons. The number of imide groups is 1. The van der Waals surface area contributed by atoms with Gasteiger partial charge in [0.15, 0.2) is 0 Å². The van der Waals surface area contributed by atoms with Crippen LogP contribution in [0.15, 0.2) is 82.7 Å². The van der Waals surface area contributed by atoms with Gasteiger partial charge in [-0.1, -0.05) is 6.08 Å². The molecule has 0 radical (unpaired) electrons. The summed E-state index contributed by atoms with van der Waals surface area (Å²) in [6, 6.07) is 16.3. The highest BCUT2D eigenvalue weighted by Gasteiger charge is 2.36. The van der Waals surface area contributed by atoms with E-state index in [1.54, 1.807) is 34.6 Å². The maximum Gasteiger partial charge on any atom is 0.330 e. The first kappa shape index (κ1) is 46.5. The van der Waals surface area contributed by atoms with Gasteiger partial charge in [-0.05, 0) is 118 Å². The number of benzene rings is 2. The number of likely N-dealkylation sites (tertiary alicyclic amines) is 1. The molecule has 3 saturated heterocycles. The Balaban J connectivity index is 0.686. The van der Waals surface area contributed by atoms with Crippen LogP contribution in [0, 0.1) is 18.7 Å². The summed E-state index contributed by atoms with van der Waals surface area (Å²) in [4.78, 5) is 79.2. The van der Waals surface area contributed by atoms with E-state index < -0.39 is 11.9 Å². The highest BCUT2D eigenvalue weighted by molar-refractivity contribution is 6.00. The number of hydrogen-bond donors (Lipinski definition) is 2. The molecule has 1 aliphatic carbocycles. The fraction of sp³-hybridized carbons (Fsp3) is 0.444. The van der Waals surface area contributed by atoms with Crippen LogP contribution in [0.5, 0.6) is 0 Å². The van der Waals surface area contributed by atoms with Gasteiger partial charge in [-0.15, -0.1) is 0 Å². The second-order valence-electron chi connectivity index (χ2n) is 20.3. The number of imidazole rings is 1. The normalized spacial score (nSPS) is 20.2. The summed E-state index contributed by atoms with van der Waals surface area (Å²) >= 11 is 0. The topological polar surface area (TPSA) is 155 Å². The predicted molar refractivity (Wildman–Crippen MR) is 273 cm³/mol. The Morgan fingerprint density at radius 2 is 1.66 bits per heavy atom. The third kappa shape index (κ3) is 8.66. The molecule has 0 bridgehead atoms. The number of piperazine rings is 1. The zero-order valence-corrected chi connectivity index (χ0v) is 41.0. The van der Waals surface area contributed by atoms with Gasteiger partial charge in [-0.3, -0.25) is 48.0 Å². The summed E-state index contributed by atoms with van der Waals surface area (Å²) < 4.78 is 23.3. The number of amides is 3. The molecule has 2 N–H and O–H groups in total. The molecule has 11 rings (SSSR count). The lowest BCUT2D eigenvalue weighted by molar-refractivity contribution is -0.135. The first-order valence-electron chi connectivity index (χ1n) is 25.3. The Kier molecular flexibility index (Phi) is 12.3. The molecule has 3 amide bonds. The molecular formula is C54H62FN11O5. The van der Waals surface area contributed by atoms with Crippen LogP contribution in [0.1, 0.15) is 97.2 Å². The second kappa shape index (κ2) is 18.7. The number of anilines is 2. The smallest absolute Gasteiger partial charge is 0.330 e. The van der Waals surface area contributed by atoms with Crippen LogP contribution >= 0.6 is 0 Å². The first-order valence-corrected chi connectivity index (χ1v) is 25.3. The summed E-state index contributed by atoms with van der Waals surface area (Å²) in [5, 5.41) is 6.33. The molecule has 0 spiro atoms. The molecule has 5 aliphatic rings. The number of carbonyl (C=O) groups is 3. The second-order valence-corrected chi connectivity index (χ2v) is 20.3. The predicted octanol–water partition coefficient (Wildman–Crippen LogP) is 6.17. The Bertz CT molecular complexity index is 3230. The number of nitrogens with one attached hydrogen (secondary N) is 2. The molecule has 71 heavy (non-hydrogen) atoms. The number of aromatic nitrogens is 5. The summed E-state index contributed by atoms with van der Waals surface area (Å²) in [5.41, 5.74) is 8.43. The van der Waals surface area contributed by atoms with E-state index in [9.17, 15) is 24.0 Å². The van der Waals surface area contributed by atoms with E-state index in [1.807, 2.05) is 53.8 Å². The minimum Gasteiger partial charge on any atom is -0.388 e. The number of fused-ring (bicyclic) bond motifs is 2. The molecule has 2 atom stereocenters. The third-order valence-corrected chi connectivity index (χ3v) is 16.0. The Labute approximate surface area is 411 Å². The van der Waals surface area contributed by atoms with Gasteiger partial charge in [-0.2, -0.15) is 0 Å². The Morgan fingerprint density at radius 3 is 2.35 bits per heavy atom. The van der Waals surface area contributed by atoms with Crippen molar-refractivity contribution < 1.29 is 18.8 Å². The maximum absolute atomic E-state index is 16.1. The Hall–Kier alpha value is -6.85. The minimum absolute atomic E-state index is 0.0297. The molecule has 4 aliphatic heterocycles. The summed E-state index contributed by atoms with van der Waals surface area (Å²) in [6.45, 7) is 11.2. The molecule has 16 nitrogen and oxygen atoms in total. The highest BCUT2D eigenvalue weighted by Crippen LogP contribution is 2.39. The van der Waals surface area contributed by atoms with Crippen molar-refractivity contribution in [3.8, 4) is 5.69 Å². The van der Waals surface area contributed by atoms with Crippen molar-refractivity contribution in [2.24, 2.45) is 13.0 Å². The molecule has 17 heteroatoms. The van der Waals surface area contributed by atoms with E-state index in [2.05, 4.69) is 60.0 Å². The standard InChI is InChI=1S/C54H62FN11O5/c1-33-27-37(28-42(55)50(33)36-14-20-61(21-15-36)34(2)46-31-41-43(11-17-57-51(41)59(46)4)64-22-16-38(56-3)29-49(64)68)53(70)63-18-12-35(13-19-63)32-60-23-25-62(26-24-60)40-7-8-44-47(30-40)65(39-5-6-39)54(71)66(44)45-9-10-48(67)58-52(45)69/h7-8,11,14,16-17,22,27-31,34-35,39,45,56H,5-6,9-10,12-13,15,18-21,23-26,32H2,1-4H3,(H,58,67,69)/t34-,45?/m0/s1. The average Bonchev–Trinajstić information content (AvgIpc) is 4.09. The lowest BCUT2D eigenvalue weighted by Crippen LogP contribution is -2.49. The third-order valence-electron chi connectivity index (χ3n) is 16.0. The molecule has 4 fully saturated rings. The number of piperidine rings is 2.